The largest absolute Gasteiger partial charge is 0.494 e. The van der Waals surface area contributed by atoms with Crippen LogP contribution in [-0.2, 0) is 0 Å². The van der Waals surface area contributed by atoms with Gasteiger partial charge in [-0.1, -0.05) is 97.3 Å². The third-order valence-corrected chi connectivity index (χ3v) is 6.70. The molecule has 0 spiro atoms. The average molecular weight is 510 g/mol. The Balaban J connectivity index is 1.45. The second kappa shape index (κ2) is 18.4. The third-order valence-electron chi connectivity index (χ3n) is 6.70. The number of aromatic carboxylic acids is 1. The fraction of sp³-hybridized carbons (Fsp3) is 0.562. The van der Waals surface area contributed by atoms with Crippen molar-refractivity contribution in [1.29, 1.82) is 0 Å². The van der Waals surface area contributed by atoms with Crippen LogP contribution in [0.2, 0.25) is 0 Å². The van der Waals surface area contributed by atoms with Crippen LogP contribution in [0.5, 0.6) is 5.75 Å². The van der Waals surface area contributed by atoms with Gasteiger partial charge in [-0.3, -0.25) is 4.79 Å². The van der Waals surface area contributed by atoms with Crippen molar-refractivity contribution in [3.63, 3.8) is 0 Å². The second-order valence-corrected chi connectivity index (χ2v) is 10.5. The predicted octanol–water partition coefficient (Wildman–Crippen LogP) is 9.13. The van der Waals surface area contributed by atoms with E-state index >= 15 is 0 Å². The highest BCUT2D eigenvalue weighted by Crippen LogP contribution is 2.17. The van der Waals surface area contributed by atoms with Crippen LogP contribution in [-0.4, -0.2) is 23.6 Å². The minimum absolute atomic E-state index is 0.184. The standard InChI is InChI=1S/C32H47NO4/c1-26(2)16-14-12-10-8-6-4-3-5-7-9-11-13-15-25-37-30-23-19-27(20-24-30)31(34)33-29-21-17-28(18-22-29)32(35)36/h17-24,26H,3-16,25H2,1-2H3,(H,33,34)(H,35,36). The summed E-state index contributed by atoms with van der Waals surface area (Å²) in [4.78, 5) is 23.3. The monoisotopic (exact) mass is 509 g/mol. The van der Waals surface area contributed by atoms with E-state index in [4.69, 9.17) is 9.84 Å². The molecular weight excluding hydrogens is 462 g/mol. The first-order valence-electron chi connectivity index (χ1n) is 14.3. The summed E-state index contributed by atoms with van der Waals surface area (Å²) in [5.74, 6) is 0.384. The van der Waals surface area contributed by atoms with Crippen LogP contribution < -0.4 is 10.1 Å². The van der Waals surface area contributed by atoms with Crippen molar-refractivity contribution >= 4 is 17.6 Å². The zero-order valence-corrected chi connectivity index (χ0v) is 23.0. The van der Waals surface area contributed by atoms with Gasteiger partial charge in [0.15, 0.2) is 0 Å². The summed E-state index contributed by atoms with van der Waals surface area (Å²) >= 11 is 0. The summed E-state index contributed by atoms with van der Waals surface area (Å²) in [7, 11) is 0. The Labute approximate surface area is 224 Å². The molecule has 0 aliphatic carbocycles. The van der Waals surface area contributed by atoms with Gasteiger partial charge in [0.25, 0.3) is 5.91 Å². The molecule has 204 valence electrons. The number of unbranched alkanes of at least 4 members (excludes halogenated alkanes) is 12. The zero-order chi connectivity index (χ0) is 26.7. The first-order valence-corrected chi connectivity index (χ1v) is 14.3. The van der Waals surface area contributed by atoms with Crippen molar-refractivity contribution in [2.75, 3.05) is 11.9 Å². The minimum Gasteiger partial charge on any atom is -0.494 e. The smallest absolute Gasteiger partial charge is 0.335 e. The summed E-state index contributed by atoms with van der Waals surface area (Å²) in [5, 5.41) is 11.7. The number of anilines is 1. The fourth-order valence-corrected chi connectivity index (χ4v) is 4.39. The Morgan fingerprint density at radius 3 is 1.62 bits per heavy atom. The van der Waals surface area contributed by atoms with E-state index < -0.39 is 5.97 Å². The van der Waals surface area contributed by atoms with Crippen LogP contribution >= 0.6 is 0 Å². The van der Waals surface area contributed by atoms with Gasteiger partial charge in [0.2, 0.25) is 0 Å². The Morgan fingerprint density at radius 1 is 0.676 bits per heavy atom. The maximum atomic E-state index is 12.4. The maximum absolute atomic E-state index is 12.4. The van der Waals surface area contributed by atoms with E-state index in [0.717, 1.165) is 18.1 Å². The highest BCUT2D eigenvalue weighted by atomic mass is 16.5. The van der Waals surface area contributed by atoms with Gasteiger partial charge in [-0.2, -0.15) is 0 Å². The molecule has 0 saturated carbocycles. The number of benzene rings is 2. The van der Waals surface area contributed by atoms with Crippen molar-refractivity contribution in [1.82, 2.24) is 0 Å². The van der Waals surface area contributed by atoms with E-state index in [2.05, 4.69) is 19.2 Å². The van der Waals surface area contributed by atoms with Crippen molar-refractivity contribution in [3.8, 4) is 5.75 Å². The molecule has 0 aromatic heterocycles. The van der Waals surface area contributed by atoms with E-state index in [9.17, 15) is 9.59 Å². The molecule has 0 fully saturated rings. The number of carbonyl (C=O) groups is 2. The van der Waals surface area contributed by atoms with Crippen LogP contribution in [0.25, 0.3) is 0 Å². The van der Waals surface area contributed by atoms with Gasteiger partial charge in [-0.05, 0) is 60.9 Å². The number of ether oxygens (including phenoxy) is 1. The topological polar surface area (TPSA) is 75.6 Å². The summed E-state index contributed by atoms with van der Waals surface area (Å²) < 4.78 is 5.83. The molecule has 0 aliphatic rings. The summed E-state index contributed by atoms with van der Waals surface area (Å²) in [5.41, 5.74) is 1.26. The van der Waals surface area contributed by atoms with Crippen LogP contribution in [0.1, 0.15) is 124 Å². The highest BCUT2D eigenvalue weighted by molar-refractivity contribution is 6.04. The van der Waals surface area contributed by atoms with Crippen molar-refractivity contribution in [2.45, 2.75) is 104 Å². The number of carbonyl (C=O) groups excluding carboxylic acids is 1. The average Bonchev–Trinajstić information content (AvgIpc) is 2.89. The Bertz CT molecular complexity index is 890. The molecule has 0 heterocycles. The first-order chi connectivity index (χ1) is 18.0. The molecule has 37 heavy (non-hydrogen) atoms. The molecule has 0 aliphatic heterocycles. The lowest BCUT2D eigenvalue weighted by atomic mass is 10.0. The summed E-state index contributed by atoms with van der Waals surface area (Å²) in [6, 6.07) is 13.2. The van der Waals surface area contributed by atoms with Crippen LogP contribution in [0, 0.1) is 5.92 Å². The lowest BCUT2D eigenvalue weighted by Gasteiger charge is -2.08. The van der Waals surface area contributed by atoms with Gasteiger partial charge >= 0.3 is 5.97 Å². The van der Waals surface area contributed by atoms with E-state index in [-0.39, 0.29) is 11.5 Å². The second-order valence-electron chi connectivity index (χ2n) is 10.5. The van der Waals surface area contributed by atoms with Gasteiger partial charge < -0.3 is 15.2 Å². The molecule has 0 bridgehead atoms. The van der Waals surface area contributed by atoms with Gasteiger partial charge in [0.1, 0.15) is 5.75 Å². The van der Waals surface area contributed by atoms with Crippen molar-refractivity contribution in [3.05, 3.63) is 59.7 Å². The Hall–Kier alpha value is -2.82. The van der Waals surface area contributed by atoms with E-state index in [1.807, 2.05) is 12.1 Å². The molecule has 2 rings (SSSR count). The van der Waals surface area contributed by atoms with Crippen LogP contribution in [0.15, 0.2) is 48.5 Å². The number of carboxylic acid groups (broad SMARTS) is 1. The SMILES string of the molecule is CC(C)CCCCCCCCCCCCCCCOc1ccc(C(=O)Nc2ccc(C(=O)O)cc2)cc1. The van der Waals surface area contributed by atoms with Gasteiger partial charge in [-0.15, -0.1) is 0 Å². The first kappa shape index (κ1) is 30.4. The van der Waals surface area contributed by atoms with Crippen molar-refractivity contribution < 1.29 is 19.4 Å². The van der Waals surface area contributed by atoms with Crippen LogP contribution in [0.3, 0.4) is 0 Å². The lowest BCUT2D eigenvalue weighted by molar-refractivity contribution is 0.0696. The maximum Gasteiger partial charge on any atom is 0.335 e. The Kier molecular flexibility index (Phi) is 15.1. The minimum atomic E-state index is -0.993. The molecule has 0 atom stereocenters. The molecule has 2 N–H and O–H groups in total. The molecule has 2 aromatic carbocycles. The summed E-state index contributed by atoms with van der Waals surface area (Å²) in [6.07, 6.45) is 18.8. The number of amides is 1. The van der Waals surface area contributed by atoms with Crippen molar-refractivity contribution in [2.24, 2.45) is 5.92 Å². The van der Waals surface area contributed by atoms with E-state index in [1.54, 1.807) is 24.3 Å². The molecular formula is C32H47NO4. The quantitative estimate of drug-likeness (QED) is 0.174. The zero-order valence-electron chi connectivity index (χ0n) is 23.0. The van der Waals surface area contributed by atoms with E-state index in [1.165, 1.54) is 95.6 Å². The molecule has 5 heteroatoms. The number of nitrogens with one attached hydrogen (secondary N) is 1. The fourth-order valence-electron chi connectivity index (χ4n) is 4.39. The van der Waals surface area contributed by atoms with Gasteiger partial charge in [-0.25, -0.2) is 4.79 Å². The predicted molar refractivity (Wildman–Crippen MR) is 153 cm³/mol. The summed E-state index contributed by atoms with van der Waals surface area (Å²) in [6.45, 7) is 5.32. The number of carboxylic acids is 1. The van der Waals surface area contributed by atoms with E-state index in [0.29, 0.717) is 17.9 Å². The molecule has 5 nitrogen and oxygen atoms in total. The highest BCUT2D eigenvalue weighted by Gasteiger charge is 2.08. The Morgan fingerprint density at radius 2 is 1.14 bits per heavy atom. The normalized spacial score (nSPS) is 11.0. The third kappa shape index (κ3) is 13.9. The number of rotatable bonds is 20. The molecule has 0 saturated heterocycles. The molecule has 0 radical (unpaired) electrons. The van der Waals surface area contributed by atoms with Gasteiger partial charge in [0, 0.05) is 11.3 Å². The lowest BCUT2D eigenvalue weighted by Crippen LogP contribution is -2.12. The number of hydrogen-bond acceptors (Lipinski definition) is 3. The molecule has 2 aromatic rings. The van der Waals surface area contributed by atoms with Crippen LogP contribution in [0.4, 0.5) is 5.69 Å². The molecule has 1 amide bonds. The van der Waals surface area contributed by atoms with Gasteiger partial charge in [0.05, 0.1) is 12.2 Å². The number of hydrogen-bond donors (Lipinski definition) is 2. The molecule has 0 unspecified atom stereocenters.